The average molecular weight is 503 g/mol. The number of hydrogen-bond acceptors (Lipinski definition) is 3. The molecule has 0 fully saturated rings. The van der Waals surface area contributed by atoms with Gasteiger partial charge in [-0.05, 0) is 64.9 Å². The molecule has 6 nitrogen and oxygen atoms in total. The van der Waals surface area contributed by atoms with Gasteiger partial charge in [0.2, 0.25) is 0 Å². The third-order valence-electron chi connectivity index (χ3n) is 4.48. The Morgan fingerprint density at radius 3 is 2.25 bits per heavy atom. The zero-order valence-electron chi connectivity index (χ0n) is 18.3. The highest BCUT2D eigenvalue weighted by Gasteiger charge is 2.07. The fourth-order valence-electron chi connectivity index (χ4n) is 2.47. The Hall–Kier alpha value is -1.35. The summed E-state index contributed by atoms with van der Waals surface area (Å²) >= 11 is 0. The molecule has 0 heterocycles. The maximum atomic E-state index is 11.9. The Labute approximate surface area is 188 Å². The van der Waals surface area contributed by atoms with Crippen LogP contribution in [0.5, 0.6) is 0 Å². The molecule has 0 saturated heterocycles. The monoisotopic (exact) mass is 503 g/mol. The highest BCUT2D eigenvalue weighted by atomic mass is 127. The summed E-state index contributed by atoms with van der Waals surface area (Å²) in [4.78, 5) is 20.5. The summed E-state index contributed by atoms with van der Waals surface area (Å²) in [5.74, 6) is 0.853. The molecule has 0 unspecified atom stereocenters. The SMILES string of the molecule is CCNC(=NCc1ccc(C(=O)N(C)C)cc1)NCCCCN(C)C(C)C.I. The number of carbonyl (C=O) groups is 1. The molecule has 7 heteroatoms. The number of rotatable bonds is 10. The first-order valence-corrected chi connectivity index (χ1v) is 9.88. The first-order valence-electron chi connectivity index (χ1n) is 9.88. The topological polar surface area (TPSA) is 60.0 Å². The highest BCUT2D eigenvalue weighted by molar-refractivity contribution is 14.0. The summed E-state index contributed by atoms with van der Waals surface area (Å²) in [6.45, 7) is 9.95. The van der Waals surface area contributed by atoms with E-state index in [2.05, 4.69) is 48.3 Å². The van der Waals surface area contributed by atoms with E-state index < -0.39 is 0 Å². The summed E-state index contributed by atoms with van der Waals surface area (Å²) in [7, 11) is 5.69. The number of amides is 1. The Kier molecular flexibility index (Phi) is 13.9. The first-order chi connectivity index (χ1) is 12.8. The van der Waals surface area contributed by atoms with Crippen molar-refractivity contribution >= 4 is 35.8 Å². The maximum absolute atomic E-state index is 11.9. The Bertz CT molecular complexity index is 587. The van der Waals surface area contributed by atoms with Gasteiger partial charge in [-0.25, -0.2) is 4.99 Å². The zero-order chi connectivity index (χ0) is 20.2. The molecule has 0 saturated carbocycles. The quantitative estimate of drug-likeness (QED) is 0.223. The maximum Gasteiger partial charge on any atom is 0.253 e. The smallest absolute Gasteiger partial charge is 0.253 e. The number of nitrogens with zero attached hydrogens (tertiary/aromatic N) is 3. The second kappa shape index (κ2) is 14.6. The van der Waals surface area contributed by atoms with Gasteiger partial charge in [0.25, 0.3) is 5.91 Å². The lowest BCUT2D eigenvalue weighted by Crippen LogP contribution is -2.38. The van der Waals surface area contributed by atoms with Crippen LogP contribution in [0.1, 0.15) is 49.5 Å². The number of guanidine groups is 1. The number of halogens is 1. The standard InChI is InChI=1S/C21H37N5O.HI/c1-7-22-21(23-14-8-9-15-26(6)17(2)3)24-16-18-10-12-19(13-11-18)20(27)25(4)5;/h10-13,17H,7-9,14-16H2,1-6H3,(H2,22,23,24);1H. The molecule has 1 aromatic rings. The summed E-state index contributed by atoms with van der Waals surface area (Å²) in [6, 6.07) is 8.24. The van der Waals surface area contributed by atoms with E-state index in [0.29, 0.717) is 18.2 Å². The van der Waals surface area contributed by atoms with Crippen molar-refractivity contribution in [3.63, 3.8) is 0 Å². The molecule has 160 valence electrons. The Balaban J connectivity index is 0.00000729. The molecule has 0 aromatic heterocycles. The van der Waals surface area contributed by atoms with Crippen molar-refractivity contribution in [1.29, 1.82) is 0 Å². The van der Waals surface area contributed by atoms with Crippen LogP contribution >= 0.6 is 24.0 Å². The van der Waals surface area contributed by atoms with Crippen molar-refractivity contribution in [2.24, 2.45) is 4.99 Å². The molecule has 0 bridgehead atoms. The number of unbranched alkanes of at least 4 members (excludes halogenated alkanes) is 1. The molecule has 1 rings (SSSR count). The van der Waals surface area contributed by atoms with Crippen LogP contribution in [0.25, 0.3) is 0 Å². The minimum absolute atomic E-state index is 0. The lowest BCUT2D eigenvalue weighted by molar-refractivity contribution is 0.0827. The van der Waals surface area contributed by atoms with Gasteiger partial charge in [-0.1, -0.05) is 12.1 Å². The largest absolute Gasteiger partial charge is 0.357 e. The number of hydrogen-bond donors (Lipinski definition) is 2. The van der Waals surface area contributed by atoms with Gasteiger partial charge in [-0.3, -0.25) is 4.79 Å². The van der Waals surface area contributed by atoms with Crippen LogP contribution in [-0.4, -0.2) is 68.5 Å². The van der Waals surface area contributed by atoms with Gasteiger partial charge in [-0.15, -0.1) is 24.0 Å². The van der Waals surface area contributed by atoms with Gasteiger partial charge in [0.1, 0.15) is 0 Å². The molecule has 0 aliphatic heterocycles. The minimum atomic E-state index is 0. The molecule has 1 aromatic carbocycles. The number of aliphatic imine (C=N–C) groups is 1. The molecule has 0 radical (unpaired) electrons. The Morgan fingerprint density at radius 1 is 1.07 bits per heavy atom. The molecule has 2 N–H and O–H groups in total. The van der Waals surface area contributed by atoms with E-state index in [-0.39, 0.29) is 29.9 Å². The summed E-state index contributed by atoms with van der Waals surface area (Å²) in [5, 5.41) is 6.68. The second-order valence-electron chi connectivity index (χ2n) is 7.30. The van der Waals surface area contributed by atoms with Crippen LogP contribution in [0, 0.1) is 0 Å². The second-order valence-corrected chi connectivity index (χ2v) is 7.30. The lowest BCUT2D eigenvalue weighted by atomic mass is 10.1. The van der Waals surface area contributed by atoms with Crippen LogP contribution < -0.4 is 10.6 Å². The number of nitrogens with one attached hydrogen (secondary N) is 2. The average Bonchev–Trinajstić information content (AvgIpc) is 2.65. The van der Waals surface area contributed by atoms with E-state index in [0.717, 1.165) is 37.6 Å². The summed E-state index contributed by atoms with van der Waals surface area (Å²) in [5.41, 5.74) is 1.78. The first kappa shape index (κ1) is 26.6. The van der Waals surface area contributed by atoms with Crippen molar-refractivity contribution in [2.75, 3.05) is 40.8 Å². The lowest BCUT2D eigenvalue weighted by Gasteiger charge is -2.20. The summed E-state index contributed by atoms with van der Waals surface area (Å²) < 4.78 is 0. The molecule has 0 aliphatic rings. The third kappa shape index (κ3) is 10.3. The van der Waals surface area contributed by atoms with Crippen LogP contribution in [0.4, 0.5) is 0 Å². The van der Waals surface area contributed by atoms with Crippen molar-refractivity contribution in [3.8, 4) is 0 Å². The van der Waals surface area contributed by atoms with Crippen molar-refractivity contribution < 1.29 is 4.79 Å². The minimum Gasteiger partial charge on any atom is -0.357 e. The predicted molar refractivity (Wildman–Crippen MR) is 130 cm³/mol. The van der Waals surface area contributed by atoms with Crippen molar-refractivity contribution in [3.05, 3.63) is 35.4 Å². The normalized spacial score (nSPS) is 11.4. The molecular formula is C21H38IN5O. The van der Waals surface area contributed by atoms with E-state index in [1.165, 1.54) is 6.42 Å². The van der Waals surface area contributed by atoms with Crippen molar-refractivity contribution in [1.82, 2.24) is 20.4 Å². The van der Waals surface area contributed by atoms with Gasteiger partial charge in [0.15, 0.2) is 5.96 Å². The highest BCUT2D eigenvalue weighted by Crippen LogP contribution is 2.07. The molecule has 1 amide bonds. The van der Waals surface area contributed by atoms with Gasteiger partial charge in [-0.2, -0.15) is 0 Å². The predicted octanol–water partition coefficient (Wildman–Crippen LogP) is 3.18. The van der Waals surface area contributed by atoms with Crippen LogP contribution in [0.3, 0.4) is 0 Å². The van der Waals surface area contributed by atoms with Crippen LogP contribution in [-0.2, 0) is 6.54 Å². The van der Waals surface area contributed by atoms with E-state index >= 15 is 0 Å². The zero-order valence-corrected chi connectivity index (χ0v) is 20.6. The molecule has 0 atom stereocenters. The van der Waals surface area contributed by atoms with E-state index in [1.54, 1.807) is 19.0 Å². The van der Waals surface area contributed by atoms with Gasteiger partial charge in [0.05, 0.1) is 6.54 Å². The molecular weight excluding hydrogens is 465 g/mol. The van der Waals surface area contributed by atoms with E-state index in [1.807, 2.05) is 24.3 Å². The summed E-state index contributed by atoms with van der Waals surface area (Å²) in [6.07, 6.45) is 2.28. The van der Waals surface area contributed by atoms with Gasteiger partial charge < -0.3 is 20.4 Å². The van der Waals surface area contributed by atoms with Gasteiger partial charge >= 0.3 is 0 Å². The fraction of sp³-hybridized carbons (Fsp3) is 0.619. The number of carbonyl (C=O) groups excluding carboxylic acids is 1. The van der Waals surface area contributed by atoms with Crippen LogP contribution in [0.2, 0.25) is 0 Å². The van der Waals surface area contributed by atoms with Crippen LogP contribution in [0.15, 0.2) is 29.3 Å². The molecule has 0 aliphatic carbocycles. The third-order valence-corrected chi connectivity index (χ3v) is 4.48. The van der Waals surface area contributed by atoms with E-state index in [9.17, 15) is 4.79 Å². The number of benzene rings is 1. The fourth-order valence-corrected chi connectivity index (χ4v) is 2.47. The Morgan fingerprint density at radius 2 is 1.71 bits per heavy atom. The van der Waals surface area contributed by atoms with Crippen molar-refractivity contribution in [2.45, 2.75) is 46.2 Å². The molecule has 28 heavy (non-hydrogen) atoms. The van der Waals surface area contributed by atoms with E-state index in [4.69, 9.17) is 0 Å². The molecule has 0 spiro atoms. The van der Waals surface area contributed by atoms with Gasteiger partial charge in [0, 0.05) is 38.8 Å².